The van der Waals surface area contributed by atoms with Gasteiger partial charge in [0.25, 0.3) is 0 Å². The van der Waals surface area contributed by atoms with E-state index in [2.05, 4.69) is 43.4 Å². The lowest BCUT2D eigenvalue weighted by Gasteiger charge is -2.20. The van der Waals surface area contributed by atoms with E-state index in [1.807, 2.05) is 20.0 Å². The molecule has 112 valence electrons. The molecule has 0 spiro atoms. The van der Waals surface area contributed by atoms with Crippen LogP contribution in [0.25, 0.3) is 0 Å². The summed E-state index contributed by atoms with van der Waals surface area (Å²) in [5.41, 5.74) is 4.62. The third-order valence-electron chi connectivity index (χ3n) is 3.77. The van der Waals surface area contributed by atoms with Gasteiger partial charge in [0.1, 0.15) is 5.82 Å². The lowest BCUT2D eigenvalue weighted by molar-refractivity contribution is 0.614. The number of benzene rings is 2. The highest BCUT2D eigenvalue weighted by Crippen LogP contribution is 2.26. The van der Waals surface area contributed by atoms with Crippen LogP contribution < -0.4 is 5.32 Å². The quantitative estimate of drug-likeness (QED) is 0.843. The largest absolute Gasteiger partial charge is 0.309 e. The average Bonchev–Trinajstić information content (AvgIpc) is 2.43. The molecule has 1 nitrogen and oxygen atoms in total. The number of aryl methyl sites for hydroxylation is 1. The third-order valence-corrected chi connectivity index (χ3v) is 3.77. The van der Waals surface area contributed by atoms with E-state index < -0.39 is 0 Å². The van der Waals surface area contributed by atoms with Crippen molar-refractivity contribution in [2.45, 2.75) is 33.2 Å². The van der Waals surface area contributed by atoms with E-state index >= 15 is 0 Å². The molecule has 0 aliphatic carbocycles. The van der Waals surface area contributed by atoms with Gasteiger partial charge in [-0.1, -0.05) is 44.2 Å². The van der Waals surface area contributed by atoms with E-state index in [0.717, 1.165) is 17.5 Å². The first-order valence-corrected chi connectivity index (χ1v) is 7.53. The third kappa shape index (κ3) is 3.92. The molecule has 21 heavy (non-hydrogen) atoms. The van der Waals surface area contributed by atoms with E-state index in [1.165, 1.54) is 17.2 Å². The molecule has 0 saturated carbocycles. The Morgan fingerprint density at radius 2 is 1.86 bits per heavy atom. The Morgan fingerprint density at radius 3 is 2.52 bits per heavy atom. The topological polar surface area (TPSA) is 12.0 Å². The van der Waals surface area contributed by atoms with Crippen molar-refractivity contribution in [1.29, 1.82) is 0 Å². The summed E-state index contributed by atoms with van der Waals surface area (Å²) in [6.45, 7) is 6.47. The molecule has 0 radical (unpaired) electrons. The van der Waals surface area contributed by atoms with Gasteiger partial charge in [-0.25, -0.2) is 4.39 Å². The molecule has 2 rings (SSSR count). The van der Waals surface area contributed by atoms with Crippen molar-refractivity contribution in [3.63, 3.8) is 0 Å². The number of hydrogen-bond acceptors (Lipinski definition) is 1. The summed E-state index contributed by atoms with van der Waals surface area (Å²) in [4.78, 5) is 0. The van der Waals surface area contributed by atoms with Crippen molar-refractivity contribution < 1.29 is 4.39 Å². The molecule has 2 aromatic rings. The molecule has 0 heterocycles. The highest BCUT2D eigenvalue weighted by atomic mass is 19.1. The summed E-state index contributed by atoms with van der Waals surface area (Å²) in [5.74, 6) is 0.443. The summed E-state index contributed by atoms with van der Waals surface area (Å²) in [6, 6.07) is 13.6. The molecule has 0 bridgehead atoms. The molecule has 1 atom stereocenters. The Labute approximate surface area is 127 Å². The predicted octanol–water partition coefficient (Wildman–Crippen LogP) is 4.64. The Morgan fingerprint density at radius 1 is 1.10 bits per heavy atom. The molecule has 2 aromatic carbocycles. The maximum Gasteiger partial charge on any atom is 0.123 e. The SMILES string of the molecule is CNC(c1cccc(CC(C)C)c1)c1cc(F)ccc1C. The van der Waals surface area contributed by atoms with E-state index in [-0.39, 0.29) is 11.9 Å². The second-order valence-electron chi connectivity index (χ2n) is 6.07. The summed E-state index contributed by atoms with van der Waals surface area (Å²) >= 11 is 0. The second kappa shape index (κ2) is 6.86. The van der Waals surface area contributed by atoms with Gasteiger partial charge in [0.15, 0.2) is 0 Å². The average molecular weight is 285 g/mol. The molecule has 0 saturated heterocycles. The molecule has 0 aliphatic heterocycles. The maximum atomic E-state index is 13.6. The van der Waals surface area contributed by atoms with Gasteiger partial charge in [-0.05, 0) is 60.7 Å². The number of halogens is 1. The van der Waals surface area contributed by atoms with Crippen LogP contribution in [0.3, 0.4) is 0 Å². The monoisotopic (exact) mass is 285 g/mol. The van der Waals surface area contributed by atoms with E-state index in [0.29, 0.717) is 5.92 Å². The smallest absolute Gasteiger partial charge is 0.123 e. The fourth-order valence-corrected chi connectivity index (χ4v) is 2.80. The van der Waals surface area contributed by atoms with Crippen LogP contribution in [-0.4, -0.2) is 7.05 Å². The van der Waals surface area contributed by atoms with Gasteiger partial charge in [0.05, 0.1) is 6.04 Å². The van der Waals surface area contributed by atoms with Crippen LogP contribution in [0.5, 0.6) is 0 Å². The minimum Gasteiger partial charge on any atom is -0.309 e. The first-order chi connectivity index (χ1) is 10.0. The zero-order valence-corrected chi connectivity index (χ0v) is 13.3. The van der Waals surface area contributed by atoms with Gasteiger partial charge < -0.3 is 5.32 Å². The van der Waals surface area contributed by atoms with E-state index in [4.69, 9.17) is 0 Å². The van der Waals surface area contributed by atoms with Gasteiger partial charge in [-0.3, -0.25) is 0 Å². The van der Waals surface area contributed by atoms with Crippen LogP contribution in [-0.2, 0) is 6.42 Å². The van der Waals surface area contributed by atoms with Gasteiger partial charge in [0, 0.05) is 0 Å². The van der Waals surface area contributed by atoms with Crippen molar-refractivity contribution >= 4 is 0 Å². The van der Waals surface area contributed by atoms with E-state index in [1.54, 1.807) is 6.07 Å². The Kier molecular flexibility index (Phi) is 5.13. The maximum absolute atomic E-state index is 13.6. The normalized spacial score (nSPS) is 12.7. The van der Waals surface area contributed by atoms with Crippen molar-refractivity contribution in [2.75, 3.05) is 7.05 Å². The fraction of sp³-hybridized carbons (Fsp3) is 0.368. The van der Waals surface area contributed by atoms with Crippen LogP contribution in [0.1, 0.15) is 42.1 Å². The minimum atomic E-state index is -0.186. The second-order valence-corrected chi connectivity index (χ2v) is 6.07. The van der Waals surface area contributed by atoms with Crippen molar-refractivity contribution in [1.82, 2.24) is 5.32 Å². The zero-order valence-electron chi connectivity index (χ0n) is 13.3. The lowest BCUT2D eigenvalue weighted by Crippen LogP contribution is -2.19. The number of rotatable bonds is 5. The highest BCUT2D eigenvalue weighted by Gasteiger charge is 2.15. The summed E-state index contributed by atoms with van der Waals surface area (Å²) in [7, 11) is 1.92. The molecular formula is C19H24FN. The van der Waals surface area contributed by atoms with Gasteiger partial charge in [-0.2, -0.15) is 0 Å². The molecule has 1 N–H and O–H groups in total. The van der Waals surface area contributed by atoms with Crippen molar-refractivity contribution in [3.8, 4) is 0 Å². The van der Waals surface area contributed by atoms with Crippen LogP contribution in [0.2, 0.25) is 0 Å². The van der Waals surface area contributed by atoms with Gasteiger partial charge >= 0.3 is 0 Å². The summed E-state index contributed by atoms with van der Waals surface area (Å²) in [5, 5.41) is 3.32. The molecule has 0 fully saturated rings. The van der Waals surface area contributed by atoms with Crippen LogP contribution in [0, 0.1) is 18.7 Å². The van der Waals surface area contributed by atoms with Crippen molar-refractivity contribution in [2.24, 2.45) is 5.92 Å². The summed E-state index contributed by atoms with van der Waals surface area (Å²) in [6.07, 6.45) is 1.06. The molecule has 1 unspecified atom stereocenters. The standard InChI is InChI=1S/C19H24FN/c1-13(2)10-15-6-5-7-16(11-15)19(21-4)18-12-17(20)9-8-14(18)3/h5-9,11-13,19,21H,10H2,1-4H3. The molecule has 0 amide bonds. The lowest BCUT2D eigenvalue weighted by atomic mass is 9.92. The first kappa shape index (κ1) is 15.7. The first-order valence-electron chi connectivity index (χ1n) is 7.53. The van der Waals surface area contributed by atoms with Crippen LogP contribution >= 0.6 is 0 Å². The zero-order chi connectivity index (χ0) is 15.4. The Bertz CT molecular complexity index is 604. The van der Waals surface area contributed by atoms with Crippen molar-refractivity contribution in [3.05, 3.63) is 70.5 Å². The molecular weight excluding hydrogens is 261 g/mol. The minimum absolute atomic E-state index is 0.0211. The Balaban J connectivity index is 2.39. The van der Waals surface area contributed by atoms with Crippen LogP contribution in [0.15, 0.2) is 42.5 Å². The summed E-state index contributed by atoms with van der Waals surface area (Å²) < 4.78 is 13.6. The number of nitrogens with one attached hydrogen (secondary N) is 1. The Hall–Kier alpha value is -1.67. The predicted molar refractivity (Wildman–Crippen MR) is 87.0 cm³/mol. The number of hydrogen-bond donors (Lipinski definition) is 1. The molecule has 0 aromatic heterocycles. The van der Waals surface area contributed by atoms with Gasteiger partial charge in [-0.15, -0.1) is 0 Å². The van der Waals surface area contributed by atoms with E-state index in [9.17, 15) is 4.39 Å². The fourth-order valence-electron chi connectivity index (χ4n) is 2.80. The molecule has 2 heteroatoms. The molecule has 0 aliphatic rings. The highest BCUT2D eigenvalue weighted by molar-refractivity contribution is 5.38. The van der Waals surface area contributed by atoms with Crippen LogP contribution in [0.4, 0.5) is 4.39 Å². The van der Waals surface area contributed by atoms with Gasteiger partial charge in [0.2, 0.25) is 0 Å².